The molecule has 4 aromatic rings. The number of aryl methyl sites for hydroxylation is 1. The molecule has 0 saturated heterocycles. The van der Waals surface area contributed by atoms with Crippen LogP contribution in [-0.4, -0.2) is 49.2 Å². The molecule has 0 unspecified atom stereocenters. The second-order valence-electron chi connectivity index (χ2n) is 12.9. The summed E-state index contributed by atoms with van der Waals surface area (Å²) in [5, 5.41) is 9.31. The molecule has 0 saturated carbocycles. The van der Waals surface area contributed by atoms with Crippen LogP contribution in [0.3, 0.4) is 0 Å². The van der Waals surface area contributed by atoms with Crippen LogP contribution in [0.4, 0.5) is 11.4 Å². The number of hydrogen-bond acceptors (Lipinski definition) is 8. The first-order valence-electron chi connectivity index (χ1n) is 16.3. The van der Waals surface area contributed by atoms with Gasteiger partial charge in [0.2, 0.25) is 23.0 Å². The summed E-state index contributed by atoms with van der Waals surface area (Å²) in [6.45, 7) is 9.65. The highest BCUT2D eigenvalue weighted by Gasteiger charge is 2.30. The van der Waals surface area contributed by atoms with Gasteiger partial charge in [-0.15, -0.1) is 0 Å². The minimum absolute atomic E-state index is 0.156. The zero-order valence-electron chi connectivity index (χ0n) is 28.9. The molecule has 0 radical (unpaired) electrons. The number of H-pyrrole nitrogens is 1. The van der Waals surface area contributed by atoms with Crippen molar-refractivity contribution in [1.29, 1.82) is 0 Å². The van der Waals surface area contributed by atoms with Crippen LogP contribution in [0.25, 0.3) is 22.2 Å². The summed E-state index contributed by atoms with van der Waals surface area (Å²) in [5.41, 5.74) is 5.28. The summed E-state index contributed by atoms with van der Waals surface area (Å²) in [6, 6.07) is 11.4. The third kappa shape index (κ3) is 7.10. The molecule has 1 heterocycles. The van der Waals surface area contributed by atoms with Gasteiger partial charge < -0.3 is 35.1 Å². The van der Waals surface area contributed by atoms with Gasteiger partial charge >= 0.3 is 0 Å². The highest BCUT2D eigenvalue weighted by molar-refractivity contribution is 5.98. The SMILES string of the molecule is COc1cc2c(c(OC)c1OC)-c1ccc(N[C@@H](CC(C)C)C(=O)Nc3ccc4nc(C(C)C)[nH]c4c3)c(=O)cc1[C@@H](NC(C)=O)CC2. The van der Waals surface area contributed by atoms with Crippen molar-refractivity contribution in [2.75, 3.05) is 32.0 Å². The average molecular weight is 656 g/mol. The molecule has 11 heteroatoms. The molecule has 1 aromatic heterocycles. The van der Waals surface area contributed by atoms with Crippen LogP contribution < -0.4 is 35.6 Å². The first-order valence-corrected chi connectivity index (χ1v) is 16.3. The molecule has 4 N–H and O–H groups in total. The van der Waals surface area contributed by atoms with E-state index in [1.807, 2.05) is 44.2 Å². The summed E-state index contributed by atoms with van der Waals surface area (Å²) >= 11 is 0. The third-order valence-electron chi connectivity index (χ3n) is 8.58. The predicted molar refractivity (Wildman–Crippen MR) is 188 cm³/mol. The number of hydrogen-bond donors (Lipinski definition) is 4. The van der Waals surface area contributed by atoms with Crippen molar-refractivity contribution in [3.8, 4) is 28.4 Å². The quantitative estimate of drug-likeness (QED) is 0.147. The van der Waals surface area contributed by atoms with Gasteiger partial charge in [-0.2, -0.15) is 0 Å². The Morgan fingerprint density at radius 2 is 1.73 bits per heavy atom. The van der Waals surface area contributed by atoms with E-state index in [2.05, 4.69) is 39.8 Å². The lowest BCUT2D eigenvalue weighted by molar-refractivity contribution is -0.120. The van der Waals surface area contributed by atoms with Gasteiger partial charge in [0.15, 0.2) is 11.5 Å². The maximum atomic E-state index is 13.9. The van der Waals surface area contributed by atoms with Crippen molar-refractivity contribution < 1.29 is 23.8 Å². The fourth-order valence-corrected chi connectivity index (χ4v) is 6.33. The van der Waals surface area contributed by atoms with Crippen molar-refractivity contribution in [2.24, 2.45) is 5.92 Å². The second-order valence-corrected chi connectivity index (χ2v) is 12.9. The van der Waals surface area contributed by atoms with Gasteiger partial charge in [0.05, 0.1) is 44.1 Å². The number of aromatic nitrogens is 2. The van der Waals surface area contributed by atoms with Crippen LogP contribution in [0.5, 0.6) is 17.2 Å². The van der Waals surface area contributed by atoms with Crippen LogP contribution in [0.1, 0.15) is 76.4 Å². The number of benzene rings is 2. The van der Waals surface area contributed by atoms with E-state index in [0.717, 1.165) is 28.0 Å². The van der Waals surface area contributed by atoms with E-state index in [-0.39, 0.29) is 34.8 Å². The Balaban J connectivity index is 1.56. The molecular weight excluding hydrogens is 610 g/mol. The Hall–Kier alpha value is -5.06. The molecule has 5 rings (SSSR count). The second kappa shape index (κ2) is 14.4. The zero-order valence-corrected chi connectivity index (χ0v) is 28.9. The summed E-state index contributed by atoms with van der Waals surface area (Å²) in [5.74, 6) is 2.22. The van der Waals surface area contributed by atoms with Gasteiger partial charge in [-0.05, 0) is 78.3 Å². The summed E-state index contributed by atoms with van der Waals surface area (Å²) in [7, 11) is 4.67. The van der Waals surface area contributed by atoms with E-state index in [0.29, 0.717) is 53.3 Å². The lowest BCUT2D eigenvalue weighted by Gasteiger charge is -2.20. The van der Waals surface area contributed by atoms with E-state index in [1.54, 1.807) is 33.5 Å². The molecule has 254 valence electrons. The molecule has 0 spiro atoms. The minimum Gasteiger partial charge on any atom is -0.493 e. The zero-order chi connectivity index (χ0) is 34.7. The third-order valence-corrected chi connectivity index (χ3v) is 8.58. The van der Waals surface area contributed by atoms with Crippen LogP contribution in [-0.2, 0) is 16.0 Å². The van der Waals surface area contributed by atoms with E-state index in [9.17, 15) is 14.4 Å². The molecule has 48 heavy (non-hydrogen) atoms. The first-order chi connectivity index (χ1) is 22.9. The highest BCUT2D eigenvalue weighted by atomic mass is 16.5. The standard InChI is InChI=1S/C37H45N5O6/c1-19(2)15-30(37(45)39-23-10-13-27-29(17-23)42-36(41-27)20(3)4)40-28-14-11-24-25(18-31(28)44)26(38-21(5)43)12-9-22-16-32(46-6)34(47-7)35(48-8)33(22)24/h10-11,13-14,16-20,26,30H,9,12,15H2,1-8H3,(H,38,43)(H,39,45)(H,40,44)(H,41,42)/t26-,30-/m0/s1. The molecule has 11 nitrogen and oxygen atoms in total. The predicted octanol–water partition coefficient (Wildman–Crippen LogP) is 6.33. The van der Waals surface area contributed by atoms with Crippen molar-refractivity contribution in [1.82, 2.24) is 15.3 Å². The van der Waals surface area contributed by atoms with Gasteiger partial charge in [-0.3, -0.25) is 14.4 Å². The largest absolute Gasteiger partial charge is 0.493 e. The summed E-state index contributed by atoms with van der Waals surface area (Å²) < 4.78 is 17.2. The Bertz CT molecular complexity index is 1900. The molecule has 2 atom stereocenters. The summed E-state index contributed by atoms with van der Waals surface area (Å²) in [4.78, 5) is 48.0. The smallest absolute Gasteiger partial charge is 0.246 e. The first kappa shape index (κ1) is 34.3. The molecule has 0 aliphatic heterocycles. The van der Waals surface area contributed by atoms with Crippen molar-refractivity contribution in [3.05, 3.63) is 69.6 Å². The van der Waals surface area contributed by atoms with Crippen LogP contribution >= 0.6 is 0 Å². The molecule has 2 amide bonds. The Morgan fingerprint density at radius 3 is 2.38 bits per heavy atom. The number of ether oxygens (including phenoxy) is 3. The number of carbonyl (C=O) groups is 2. The topological polar surface area (TPSA) is 144 Å². The number of nitrogens with zero attached hydrogens (tertiary/aromatic N) is 1. The van der Waals surface area contributed by atoms with Crippen molar-refractivity contribution in [3.63, 3.8) is 0 Å². The monoisotopic (exact) mass is 655 g/mol. The number of imidazole rings is 1. The van der Waals surface area contributed by atoms with Gasteiger partial charge in [-0.1, -0.05) is 33.8 Å². The lowest BCUT2D eigenvalue weighted by Crippen LogP contribution is -2.37. The Morgan fingerprint density at radius 1 is 0.979 bits per heavy atom. The normalized spacial score (nSPS) is 14.5. The molecule has 1 aliphatic carbocycles. The maximum Gasteiger partial charge on any atom is 0.246 e. The number of rotatable bonds is 11. The molecule has 0 fully saturated rings. The van der Waals surface area contributed by atoms with E-state index in [4.69, 9.17) is 14.2 Å². The fraction of sp³-hybridized carbons (Fsp3) is 0.405. The van der Waals surface area contributed by atoms with Crippen LogP contribution in [0.15, 0.2) is 47.3 Å². The van der Waals surface area contributed by atoms with Gasteiger partial charge in [0.25, 0.3) is 0 Å². The van der Waals surface area contributed by atoms with E-state index >= 15 is 0 Å². The molecule has 1 aliphatic rings. The van der Waals surface area contributed by atoms with Crippen LogP contribution in [0, 0.1) is 5.92 Å². The molecular formula is C37H45N5O6. The summed E-state index contributed by atoms with van der Waals surface area (Å²) in [6.07, 6.45) is 1.62. The number of methoxy groups -OCH3 is 3. The minimum atomic E-state index is -0.707. The van der Waals surface area contributed by atoms with Crippen molar-refractivity contribution >= 4 is 34.2 Å². The lowest BCUT2D eigenvalue weighted by atomic mass is 9.95. The number of amides is 2. The van der Waals surface area contributed by atoms with Gasteiger partial charge in [0, 0.05) is 24.1 Å². The average Bonchev–Trinajstić information content (AvgIpc) is 3.34. The number of aromatic amines is 1. The highest BCUT2D eigenvalue weighted by Crippen LogP contribution is 2.50. The van der Waals surface area contributed by atoms with Gasteiger partial charge in [-0.25, -0.2) is 4.98 Å². The van der Waals surface area contributed by atoms with E-state index < -0.39 is 12.1 Å². The number of carbonyl (C=O) groups excluding carboxylic acids is 2. The molecule has 0 bridgehead atoms. The maximum absolute atomic E-state index is 13.9. The Labute approximate surface area is 280 Å². The molecule has 3 aromatic carbocycles. The Kier molecular flexibility index (Phi) is 10.3. The number of fused-ring (bicyclic) bond motifs is 4. The van der Waals surface area contributed by atoms with E-state index in [1.165, 1.54) is 6.92 Å². The fourth-order valence-electron chi connectivity index (χ4n) is 6.33. The van der Waals surface area contributed by atoms with Crippen LogP contribution in [0.2, 0.25) is 0 Å². The van der Waals surface area contributed by atoms with Gasteiger partial charge in [0.1, 0.15) is 11.9 Å². The number of anilines is 2. The number of nitrogens with one attached hydrogen (secondary N) is 4. The van der Waals surface area contributed by atoms with Crippen molar-refractivity contribution in [2.45, 2.75) is 71.9 Å².